The molecule has 7 aromatic carbocycles. The summed E-state index contributed by atoms with van der Waals surface area (Å²) in [6.07, 6.45) is 6.37. The highest BCUT2D eigenvalue weighted by atomic mass is 15.1. The third kappa shape index (κ3) is 4.14. The Balaban J connectivity index is 1.22. The zero-order valence-corrected chi connectivity index (χ0v) is 27.4. The highest BCUT2D eigenvalue weighted by Crippen LogP contribution is 2.52. The van der Waals surface area contributed by atoms with Gasteiger partial charge in [-0.05, 0) is 124 Å². The summed E-state index contributed by atoms with van der Waals surface area (Å²) in [4.78, 5) is 2.42. The van der Waals surface area contributed by atoms with Crippen molar-refractivity contribution >= 4 is 66.1 Å². The standard InChI is InChI=1S/C47H34N2/c1-3-31-27-35(21-20-30(31)2)49-44-19-10-9-17-40(44)41-25-23-37(29-45(41)49)48(34-14-5-4-6-15-34)36-22-24-39-42-18-11-13-33-26-32-12-7-8-16-38(32)47(46(33)42)43(39)28-36/h3-19,22-29H,1,20-21H2,2H3. The van der Waals surface area contributed by atoms with Crippen LogP contribution < -0.4 is 4.90 Å². The second-order valence-electron chi connectivity index (χ2n) is 13.4. The van der Waals surface area contributed by atoms with Crippen molar-refractivity contribution in [3.05, 3.63) is 169 Å². The fourth-order valence-corrected chi connectivity index (χ4v) is 8.42. The average molecular weight is 627 g/mol. The molecule has 0 unspecified atom stereocenters. The number of aromatic nitrogens is 1. The van der Waals surface area contributed by atoms with Gasteiger partial charge in [0.1, 0.15) is 0 Å². The molecule has 0 fully saturated rings. The molecule has 232 valence electrons. The van der Waals surface area contributed by atoms with Crippen molar-refractivity contribution in [3.63, 3.8) is 0 Å². The summed E-state index contributed by atoms with van der Waals surface area (Å²) in [5.41, 5.74) is 15.1. The summed E-state index contributed by atoms with van der Waals surface area (Å²) in [6, 6.07) is 51.5. The predicted octanol–water partition coefficient (Wildman–Crippen LogP) is 13.4. The van der Waals surface area contributed by atoms with Gasteiger partial charge in [0.05, 0.1) is 11.0 Å². The maximum atomic E-state index is 4.13. The molecular weight excluding hydrogens is 593 g/mol. The van der Waals surface area contributed by atoms with E-state index in [0.717, 1.165) is 29.9 Å². The van der Waals surface area contributed by atoms with Crippen LogP contribution in [0.4, 0.5) is 17.1 Å². The maximum absolute atomic E-state index is 4.13. The predicted molar refractivity (Wildman–Crippen MR) is 210 cm³/mol. The molecule has 0 radical (unpaired) electrons. The molecule has 1 heterocycles. The number of anilines is 3. The molecule has 1 aromatic heterocycles. The number of hydrogen-bond acceptors (Lipinski definition) is 1. The summed E-state index contributed by atoms with van der Waals surface area (Å²) < 4.78 is 2.49. The number of rotatable bonds is 5. The van der Waals surface area contributed by atoms with Crippen LogP contribution in [0.25, 0.3) is 71.3 Å². The first-order valence-electron chi connectivity index (χ1n) is 17.2. The number of nitrogens with zero attached hydrogens (tertiary/aromatic N) is 2. The number of para-hydroxylation sites is 2. The Labute approximate surface area is 286 Å². The molecule has 0 spiro atoms. The summed E-state index contributed by atoms with van der Waals surface area (Å²) in [6.45, 7) is 6.35. The quantitative estimate of drug-likeness (QED) is 0.173. The minimum absolute atomic E-state index is 0.995. The molecule has 2 nitrogen and oxygen atoms in total. The van der Waals surface area contributed by atoms with Crippen LogP contribution in [0.5, 0.6) is 0 Å². The minimum Gasteiger partial charge on any atom is -0.313 e. The van der Waals surface area contributed by atoms with Gasteiger partial charge in [0.2, 0.25) is 0 Å². The monoisotopic (exact) mass is 626 g/mol. The van der Waals surface area contributed by atoms with Gasteiger partial charge in [-0.3, -0.25) is 0 Å². The van der Waals surface area contributed by atoms with Crippen LogP contribution in [0.15, 0.2) is 169 Å². The van der Waals surface area contributed by atoms with Crippen molar-refractivity contribution in [1.29, 1.82) is 0 Å². The van der Waals surface area contributed by atoms with Crippen LogP contribution >= 0.6 is 0 Å². The van der Waals surface area contributed by atoms with Crippen LogP contribution in [0.2, 0.25) is 0 Å². The number of benzene rings is 7. The lowest BCUT2D eigenvalue weighted by atomic mass is 9.95. The first-order valence-corrected chi connectivity index (χ1v) is 17.2. The highest BCUT2D eigenvalue weighted by Gasteiger charge is 2.26. The van der Waals surface area contributed by atoms with Gasteiger partial charge in [0, 0.05) is 33.5 Å². The van der Waals surface area contributed by atoms with Gasteiger partial charge in [0.15, 0.2) is 0 Å². The van der Waals surface area contributed by atoms with Gasteiger partial charge >= 0.3 is 0 Å². The molecular formula is C47H34N2. The lowest BCUT2D eigenvalue weighted by molar-refractivity contribution is 0.917. The third-order valence-corrected chi connectivity index (χ3v) is 10.7. The molecule has 0 N–H and O–H groups in total. The van der Waals surface area contributed by atoms with Crippen molar-refractivity contribution < 1.29 is 0 Å². The maximum Gasteiger partial charge on any atom is 0.0558 e. The molecule has 0 saturated carbocycles. The molecule has 10 rings (SSSR count). The highest BCUT2D eigenvalue weighted by molar-refractivity contribution is 6.24. The first-order chi connectivity index (χ1) is 24.2. The molecule has 2 aliphatic carbocycles. The van der Waals surface area contributed by atoms with E-state index < -0.39 is 0 Å². The molecule has 0 atom stereocenters. The normalized spacial score (nSPS) is 13.8. The summed E-state index contributed by atoms with van der Waals surface area (Å²) in [7, 11) is 0. The van der Waals surface area contributed by atoms with E-state index in [1.54, 1.807) is 0 Å². The van der Waals surface area contributed by atoms with E-state index in [1.807, 2.05) is 6.08 Å². The fourth-order valence-electron chi connectivity index (χ4n) is 8.42. The van der Waals surface area contributed by atoms with E-state index in [1.165, 1.54) is 82.4 Å². The molecule has 0 amide bonds. The van der Waals surface area contributed by atoms with Crippen molar-refractivity contribution in [2.75, 3.05) is 4.90 Å². The van der Waals surface area contributed by atoms with Crippen LogP contribution in [0.3, 0.4) is 0 Å². The lowest BCUT2D eigenvalue weighted by Crippen LogP contribution is -2.10. The zero-order chi connectivity index (χ0) is 32.6. The van der Waals surface area contributed by atoms with E-state index in [-0.39, 0.29) is 0 Å². The lowest BCUT2D eigenvalue weighted by Gasteiger charge is -2.27. The van der Waals surface area contributed by atoms with Gasteiger partial charge in [-0.2, -0.15) is 0 Å². The van der Waals surface area contributed by atoms with Crippen molar-refractivity contribution in [2.24, 2.45) is 0 Å². The van der Waals surface area contributed by atoms with E-state index >= 15 is 0 Å². The SMILES string of the molecule is C=CC1=C(C)CCC(n2c3ccccc3c3ccc(N(c4ccccc4)c4ccc5c(c4)-c4c6ccccc6cc6cccc-5c46)cc32)=C1. The Morgan fingerprint density at radius 2 is 1.31 bits per heavy atom. The second kappa shape index (κ2) is 10.7. The summed E-state index contributed by atoms with van der Waals surface area (Å²) >= 11 is 0. The Kier molecular flexibility index (Phi) is 6.10. The Bertz CT molecular complexity index is 2740. The Hall–Kier alpha value is -6.12. The minimum atomic E-state index is 0.995. The Morgan fingerprint density at radius 1 is 0.571 bits per heavy atom. The molecule has 2 heteroatoms. The van der Waals surface area contributed by atoms with Crippen molar-refractivity contribution in [1.82, 2.24) is 4.57 Å². The summed E-state index contributed by atoms with van der Waals surface area (Å²) in [5.74, 6) is 0. The molecule has 2 aliphatic rings. The smallest absolute Gasteiger partial charge is 0.0558 e. The molecule has 0 saturated heterocycles. The summed E-state index contributed by atoms with van der Waals surface area (Å²) in [5, 5.41) is 7.78. The second-order valence-corrected chi connectivity index (χ2v) is 13.4. The fraction of sp³-hybridized carbons (Fsp3) is 0.0638. The van der Waals surface area contributed by atoms with Crippen molar-refractivity contribution in [2.45, 2.75) is 19.8 Å². The van der Waals surface area contributed by atoms with Crippen LogP contribution in [-0.4, -0.2) is 4.57 Å². The van der Waals surface area contributed by atoms with E-state index in [0.29, 0.717) is 0 Å². The third-order valence-electron chi connectivity index (χ3n) is 10.7. The number of allylic oxidation sites excluding steroid dienone is 5. The van der Waals surface area contributed by atoms with Gasteiger partial charge in [-0.25, -0.2) is 0 Å². The molecule has 8 aromatic rings. The van der Waals surface area contributed by atoms with E-state index in [2.05, 4.69) is 169 Å². The van der Waals surface area contributed by atoms with Gasteiger partial charge in [0.25, 0.3) is 0 Å². The van der Waals surface area contributed by atoms with Gasteiger partial charge in [-0.15, -0.1) is 0 Å². The van der Waals surface area contributed by atoms with Crippen LogP contribution in [0, 0.1) is 0 Å². The van der Waals surface area contributed by atoms with Gasteiger partial charge in [-0.1, -0.05) is 109 Å². The average Bonchev–Trinajstić information content (AvgIpc) is 3.66. The van der Waals surface area contributed by atoms with E-state index in [9.17, 15) is 0 Å². The Morgan fingerprint density at radius 3 is 2.18 bits per heavy atom. The molecule has 0 bridgehead atoms. The topological polar surface area (TPSA) is 8.17 Å². The molecule has 0 aliphatic heterocycles. The van der Waals surface area contributed by atoms with Crippen LogP contribution in [0.1, 0.15) is 19.8 Å². The zero-order valence-electron chi connectivity index (χ0n) is 27.4. The molecule has 49 heavy (non-hydrogen) atoms. The first kappa shape index (κ1) is 27.9. The van der Waals surface area contributed by atoms with Gasteiger partial charge < -0.3 is 9.47 Å². The van der Waals surface area contributed by atoms with Crippen molar-refractivity contribution in [3.8, 4) is 22.3 Å². The largest absolute Gasteiger partial charge is 0.313 e. The number of hydrogen-bond donors (Lipinski definition) is 0. The number of fused-ring (bicyclic) bond motifs is 8. The van der Waals surface area contributed by atoms with Crippen LogP contribution in [-0.2, 0) is 0 Å². The van der Waals surface area contributed by atoms with E-state index in [4.69, 9.17) is 0 Å².